The van der Waals surface area contributed by atoms with Crippen LogP contribution in [0, 0.1) is 5.92 Å². The molecular formula is C16H25NO2. The van der Waals surface area contributed by atoms with E-state index in [1.807, 2.05) is 31.3 Å². The Bertz CT molecular complexity index is 398. The minimum Gasteiger partial charge on any atom is -0.497 e. The third kappa shape index (κ3) is 5.03. The minimum atomic E-state index is 0.153. The van der Waals surface area contributed by atoms with Crippen LogP contribution >= 0.6 is 0 Å². The van der Waals surface area contributed by atoms with Gasteiger partial charge in [0.05, 0.1) is 13.7 Å². The van der Waals surface area contributed by atoms with Gasteiger partial charge in [0.2, 0.25) is 0 Å². The predicted octanol–water partition coefficient (Wildman–Crippen LogP) is 3.24. The molecule has 1 aromatic rings. The van der Waals surface area contributed by atoms with Gasteiger partial charge in [0, 0.05) is 11.6 Å². The van der Waals surface area contributed by atoms with Crippen LogP contribution in [0.4, 0.5) is 0 Å². The molecule has 19 heavy (non-hydrogen) atoms. The highest BCUT2D eigenvalue weighted by molar-refractivity contribution is 5.97. The SMILES string of the molecule is COc1ccc(C(=O)CN(C)C(C)CC(C)C)cc1. The van der Waals surface area contributed by atoms with Gasteiger partial charge in [-0.25, -0.2) is 0 Å². The van der Waals surface area contributed by atoms with Crippen LogP contribution in [0.1, 0.15) is 37.6 Å². The van der Waals surface area contributed by atoms with E-state index in [2.05, 4.69) is 25.7 Å². The fraction of sp³-hybridized carbons (Fsp3) is 0.562. The normalized spacial score (nSPS) is 12.8. The Labute approximate surface area is 116 Å². The minimum absolute atomic E-state index is 0.153. The van der Waals surface area contributed by atoms with Crippen molar-refractivity contribution in [1.82, 2.24) is 4.90 Å². The van der Waals surface area contributed by atoms with Gasteiger partial charge < -0.3 is 4.74 Å². The van der Waals surface area contributed by atoms with E-state index in [1.54, 1.807) is 7.11 Å². The van der Waals surface area contributed by atoms with E-state index < -0.39 is 0 Å². The van der Waals surface area contributed by atoms with Crippen LogP contribution in [0.15, 0.2) is 24.3 Å². The Morgan fingerprint density at radius 1 is 1.21 bits per heavy atom. The fourth-order valence-corrected chi connectivity index (χ4v) is 2.11. The number of methoxy groups -OCH3 is 1. The molecule has 1 atom stereocenters. The first-order chi connectivity index (χ1) is 8.93. The highest BCUT2D eigenvalue weighted by Gasteiger charge is 2.15. The summed E-state index contributed by atoms with van der Waals surface area (Å²) in [5.41, 5.74) is 0.740. The van der Waals surface area contributed by atoms with Crippen molar-refractivity contribution < 1.29 is 9.53 Å². The molecule has 0 heterocycles. The number of hydrogen-bond acceptors (Lipinski definition) is 3. The Balaban J connectivity index is 2.58. The molecule has 3 heteroatoms. The molecule has 0 saturated heterocycles. The number of likely N-dealkylation sites (N-methyl/N-ethyl adjacent to an activating group) is 1. The second-order valence-corrected chi connectivity index (χ2v) is 5.55. The van der Waals surface area contributed by atoms with Crippen LogP contribution in [0.2, 0.25) is 0 Å². The lowest BCUT2D eigenvalue weighted by atomic mass is 10.0. The standard InChI is InChI=1S/C16H25NO2/c1-12(2)10-13(3)17(4)11-16(18)14-6-8-15(19-5)9-7-14/h6-9,12-13H,10-11H2,1-5H3. The zero-order valence-corrected chi connectivity index (χ0v) is 12.6. The summed E-state index contributed by atoms with van der Waals surface area (Å²) in [6.45, 7) is 7.03. The summed E-state index contributed by atoms with van der Waals surface area (Å²) < 4.78 is 5.09. The van der Waals surface area contributed by atoms with E-state index in [4.69, 9.17) is 4.74 Å². The van der Waals surface area contributed by atoms with Gasteiger partial charge in [-0.15, -0.1) is 0 Å². The average Bonchev–Trinajstić information content (AvgIpc) is 2.37. The summed E-state index contributed by atoms with van der Waals surface area (Å²) >= 11 is 0. The number of Topliss-reactive ketones (excluding diaryl/α,β-unsaturated/α-hetero) is 1. The zero-order chi connectivity index (χ0) is 14.4. The molecule has 106 valence electrons. The third-order valence-electron chi connectivity index (χ3n) is 3.37. The highest BCUT2D eigenvalue weighted by atomic mass is 16.5. The summed E-state index contributed by atoms with van der Waals surface area (Å²) in [6.07, 6.45) is 1.10. The number of benzene rings is 1. The highest BCUT2D eigenvalue weighted by Crippen LogP contribution is 2.14. The van der Waals surface area contributed by atoms with Crippen molar-refractivity contribution in [3.8, 4) is 5.75 Å². The first-order valence-electron chi connectivity index (χ1n) is 6.81. The molecule has 0 spiro atoms. The maximum atomic E-state index is 12.2. The van der Waals surface area contributed by atoms with Crippen LogP contribution < -0.4 is 4.74 Å². The van der Waals surface area contributed by atoms with Crippen LogP contribution in [-0.2, 0) is 0 Å². The average molecular weight is 263 g/mol. The number of rotatable bonds is 7. The zero-order valence-electron chi connectivity index (χ0n) is 12.6. The first-order valence-corrected chi connectivity index (χ1v) is 6.81. The number of hydrogen-bond donors (Lipinski definition) is 0. The molecule has 0 aliphatic rings. The number of ether oxygens (including phenoxy) is 1. The van der Waals surface area contributed by atoms with E-state index in [0.717, 1.165) is 17.7 Å². The van der Waals surface area contributed by atoms with Crippen LogP contribution in [-0.4, -0.2) is 37.4 Å². The van der Waals surface area contributed by atoms with Gasteiger partial charge in [-0.3, -0.25) is 9.69 Å². The Hall–Kier alpha value is -1.35. The Kier molecular flexibility index (Phi) is 6.03. The van der Waals surface area contributed by atoms with Gasteiger partial charge in [0.25, 0.3) is 0 Å². The van der Waals surface area contributed by atoms with E-state index >= 15 is 0 Å². The van der Waals surface area contributed by atoms with Crippen molar-refractivity contribution in [2.45, 2.75) is 33.2 Å². The largest absolute Gasteiger partial charge is 0.497 e. The fourth-order valence-electron chi connectivity index (χ4n) is 2.11. The number of nitrogens with zero attached hydrogens (tertiary/aromatic N) is 1. The van der Waals surface area contributed by atoms with E-state index in [0.29, 0.717) is 18.5 Å². The maximum absolute atomic E-state index is 12.2. The number of carbonyl (C=O) groups excluding carboxylic acids is 1. The van der Waals surface area contributed by atoms with Crippen molar-refractivity contribution in [3.05, 3.63) is 29.8 Å². The van der Waals surface area contributed by atoms with E-state index in [1.165, 1.54) is 0 Å². The van der Waals surface area contributed by atoms with Crippen molar-refractivity contribution in [3.63, 3.8) is 0 Å². The Morgan fingerprint density at radius 3 is 2.26 bits per heavy atom. The molecule has 0 aliphatic carbocycles. The number of ketones is 1. The molecule has 0 N–H and O–H groups in total. The lowest BCUT2D eigenvalue weighted by Gasteiger charge is -2.25. The quantitative estimate of drug-likeness (QED) is 0.707. The molecule has 3 nitrogen and oxygen atoms in total. The van der Waals surface area contributed by atoms with Gasteiger partial charge >= 0.3 is 0 Å². The lowest BCUT2D eigenvalue weighted by molar-refractivity contribution is 0.0916. The Morgan fingerprint density at radius 2 is 1.79 bits per heavy atom. The topological polar surface area (TPSA) is 29.5 Å². The van der Waals surface area contributed by atoms with Crippen LogP contribution in [0.5, 0.6) is 5.75 Å². The van der Waals surface area contributed by atoms with Crippen molar-refractivity contribution in [1.29, 1.82) is 0 Å². The maximum Gasteiger partial charge on any atom is 0.176 e. The molecule has 0 bridgehead atoms. The van der Waals surface area contributed by atoms with Crippen molar-refractivity contribution in [2.75, 3.05) is 20.7 Å². The van der Waals surface area contributed by atoms with Gasteiger partial charge in [0.15, 0.2) is 5.78 Å². The summed E-state index contributed by atoms with van der Waals surface area (Å²) in [7, 11) is 3.63. The molecule has 0 fully saturated rings. The lowest BCUT2D eigenvalue weighted by Crippen LogP contribution is -2.34. The molecule has 0 aromatic heterocycles. The molecule has 0 aliphatic heterocycles. The van der Waals surface area contributed by atoms with Crippen molar-refractivity contribution in [2.24, 2.45) is 5.92 Å². The number of carbonyl (C=O) groups is 1. The molecular weight excluding hydrogens is 238 g/mol. The summed E-state index contributed by atoms with van der Waals surface area (Å²) in [4.78, 5) is 14.3. The predicted molar refractivity (Wildman–Crippen MR) is 78.9 cm³/mol. The molecule has 0 saturated carbocycles. The monoisotopic (exact) mass is 263 g/mol. The summed E-state index contributed by atoms with van der Waals surface area (Å²) in [6, 6.07) is 7.71. The van der Waals surface area contributed by atoms with Gasteiger partial charge in [-0.05, 0) is 50.6 Å². The van der Waals surface area contributed by atoms with Gasteiger partial charge in [-0.1, -0.05) is 13.8 Å². The van der Waals surface area contributed by atoms with Crippen LogP contribution in [0.25, 0.3) is 0 Å². The summed E-state index contributed by atoms with van der Waals surface area (Å²) in [5.74, 6) is 1.58. The first kappa shape index (κ1) is 15.7. The second-order valence-electron chi connectivity index (χ2n) is 5.55. The third-order valence-corrected chi connectivity index (χ3v) is 3.37. The van der Waals surface area contributed by atoms with Gasteiger partial charge in [0.1, 0.15) is 5.75 Å². The molecule has 1 rings (SSSR count). The summed E-state index contributed by atoms with van der Waals surface area (Å²) in [5, 5.41) is 0. The van der Waals surface area contributed by atoms with Gasteiger partial charge in [-0.2, -0.15) is 0 Å². The molecule has 1 unspecified atom stereocenters. The van der Waals surface area contributed by atoms with E-state index in [-0.39, 0.29) is 5.78 Å². The molecule has 1 aromatic carbocycles. The second kappa shape index (κ2) is 7.29. The van der Waals surface area contributed by atoms with Crippen LogP contribution in [0.3, 0.4) is 0 Å². The molecule has 0 radical (unpaired) electrons. The van der Waals surface area contributed by atoms with Crippen molar-refractivity contribution >= 4 is 5.78 Å². The smallest absolute Gasteiger partial charge is 0.176 e. The van der Waals surface area contributed by atoms with E-state index in [9.17, 15) is 4.79 Å². The molecule has 0 amide bonds.